The summed E-state index contributed by atoms with van der Waals surface area (Å²) in [5.74, 6) is -4.33. The van der Waals surface area contributed by atoms with Crippen LogP contribution in [0.5, 0.6) is 0 Å². The maximum atomic E-state index is 12.4. The average molecular weight is 372 g/mol. The average Bonchev–Trinajstić information content (AvgIpc) is 3.27. The van der Waals surface area contributed by atoms with E-state index < -0.39 is 35.6 Å². The minimum absolute atomic E-state index is 0.128. The lowest BCUT2D eigenvalue weighted by Crippen LogP contribution is -2.48. The van der Waals surface area contributed by atoms with E-state index >= 15 is 0 Å². The number of allylic oxidation sites excluding steroid dienone is 2. The third-order valence-electron chi connectivity index (χ3n) is 5.00. The molecule has 1 saturated carbocycles. The molecule has 0 spiro atoms. The molecule has 0 aliphatic heterocycles. The highest BCUT2D eigenvalue weighted by Crippen LogP contribution is 2.48. The van der Waals surface area contributed by atoms with Gasteiger partial charge in [-0.05, 0) is 49.4 Å². The molecule has 2 aliphatic rings. The van der Waals surface area contributed by atoms with E-state index in [1.54, 1.807) is 6.92 Å². The minimum atomic E-state index is -1.01. The molecule has 0 radical (unpaired) electrons. The minimum Gasteiger partial charge on any atom is -0.481 e. The van der Waals surface area contributed by atoms with E-state index in [9.17, 15) is 24.3 Å². The lowest BCUT2D eigenvalue weighted by Gasteiger charge is -2.23. The quantitative estimate of drug-likeness (QED) is 0.405. The van der Waals surface area contributed by atoms with E-state index in [1.807, 2.05) is 12.2 Å². The third kappa shape index (κ3) is 3.69. The highest BCUT2D eigenvalue weighted by molar-refractivity contribution is 5.97. The largest absolute Gasteiger partial charge is 0.481 e. The first-order valence-electron chi connectivity index (χ1n) is 8.71. The Kier molecular flexibility index (Phi) is 5.25. The molecule has 142 valence electrons. The van der Waals surface area contributed by atoms with Gasteiger partial charge in [0.2, 0.25) is 5.91 Å². The number of hydrogen-bond donors (Lipinski definition) is 3. The normalized spacial score (nSPS) is 25.1. The van der Waals surface area contributed by atoms with Gasteiger partial charge in [0.05, 0.1) is 24.0 Å². The van der Waals surface area contributed by atoms with Crippen LogP contribution in [0, 0.1) is 23.7 Å². The summed E-state index contributed by atoms with van der Waals surface area (Å²) in [5.41, 5.74) is 5.18. The van der Waals surface area contributed by atoms with Gasteiger partial charge in [-0.25, -0.2) is 4.79 Å². The monoisotopic (exact) mass is 372 g/mol. The van der Waals surface area contributed by atoms with Gasteiger partial charge in [0.15, 0.2) is 0 Å². The molecule has 0 unspecified atom stereocenters. The molecule has 1 aromatic carbocycles. The van der Waals surface area contributed by atoms with Crippen molar-refractivity contribution in [3.8, 4) is 0 Å². The van der Waals surface area contributed by atoms with Crippen LogP contribution >= 0.6 is 0 Å². The molecule has 2 aliphatic carbocycles. The summed E-state index contributed by atoms with van der Waals surface area (Å²) in [6.07, 6.45) is 4.35. The van der Waals surface area contributed by atoms with E-state index in [1.165, 1.54) is 24.3 Å². The van der Waals surface area contributed by atoms with Crippen LogP contribution < -0.4 is 10.9 Å². The molecular weight excluding hydrogens is 352 g/mol. The molecule has 0 heterocycles. The Morgan fingerprint density at radius 2 is 1.59 bits per heavy atom. The maximum absolute atomic E-state index is 12.4. The van der Waals surface area contributed by atoms with E-state index in [-0.39, 0.29) is 24.0 Å². The fourth-order valence-electron chi connectivity index (χ4n) is 3.76. The SMILES string of the molecule is CCOC(=O)c1ccc(C(=O)NNC(=O)[C@@H]2[C@H](C(=O)O)[C@H]3C=C[C@H]2C3)cc1. The maximum Gasteiger partial charge on any atom is 0.338 e. The highest BCUT2D eigenvalue weighted by atomic mass is 16.5. The molecule has 2 amide bonds. The lowest BCUT2D eigenvalue weighted by atomic mass is 9.82. The third-order valence-corrected chi connectivity index (χ3v) is 5.00. The number of hydrogen-bond acceptors (Lipinski definition) is 5. The molecular formula is C19H20N2O6. The van der Waals surface area contributed by atoms with E-state index in [0.29, 0.717) is 12.0 Å². The fourth-order valence-corrected chi connectivity index (χ4v) is 3.76. The molecule has 0 aromatic heterocycles. The number of aliphatic carboxylic acids is 1. The first kappa shape index (κ1) is 18.6. The Balaban J connectivity index is 1.59. The molecule has 3 N–H and O–H groups in total. The van der Waals surface area contributed by atoms with Gasteiger partial charge in [-0.2, -0.15) is 0 Å². The fraction of sp³-hybridized carbons (Fsp3) is 0.368. The van der Waals surface area contributed by atoms with Crippen molar-refractivity contribution < 1.29 is 29.0 Å². The number of carboxylic acids is 1. The zero-order chi connectivity index (χ0) is 19.6. The number of rotatable bonds is 5. The zero-order valence-corrected chi connectivity index (χ0v) is 14.7. The van der Waals surface area contributed by atoms with E-state index in [2.05, 4.69) is 10.9 Å². The second kappa shape index (κ2) is 7.61. The van der Waals surface area contributed by atoms with Crippen LogP contribution in [0.25, 0.3) is 0 Å². The Morgan fingerprint density at radius 3 is 2.19 bits per heavy atom. The summed E-state index contributed by atoms with van der Waals surface area (Å²) in [6, 6.07) is 5.79. The lowest BCUT2D eigenvalue weighted by molar-refractivity contribution is -0.148. The molecule has 3 rings (SSSR count). The van der Waals surface area contributed by atoms with Crippen molar-refractivity contribution in [3.63, 3.8) is 0 Å². The summed E-state index contributed by atoms with van der Waals surface area (Å²) in [5, 5.41) is 9.38. The zero-order valence-electron chi connectivity index (χ0n) is 14.7. The number of carboxylic acid groups (broad SMARTS) is 1. The number of esters is 1. The number of benzene rings is 1. The Labute approximate surface area is 155 Å². The predicted molar refractivity (Wildman–Crippen MR) is 93.4 cm³/mol. The summed E-state index contributed by atoms with van der Waals surface area (Å²) < 4.78 is 4.87. The molecule has 1 fully saturated rings. The number of amides is 2. The second-order valence-electron chi connectivity index (χ2n) is 6.58. The number of carbonyl (C=O) groups is 4. The van der Waals surface area contributed by atoms with Crippen molar-refractivity contribution in [3.05, 3.63) is 47.5 Å². The Hall–Kier alpha value is -3.16. The highest BCUT2D eigenvalue weighted by Gasteiger charge is 2.51. The van der Waals surface area contributed by atoms with E-state index in [0.717, 1.165) is 0 Å². The number of fused-ring (bicyclic) bond motifs is 2. The molecule has 8 nitrogen and oxygen atoms in total. The van der Waals surface area contributed by atoms with Crippen molar-refractivity contribution in [1.82, 2.24) is 10.9 Å². The number of nitrogens with one attached hydrogen (secondary N) is 2. The van der Waals surface area contributed by atoms with Crippen LogP contribution in [0.3, 0.4) is 0 Å². The standard InChI is InChI=1S/C19H20N2O6/c1-2-27-19(26)11-5-3-10(4-6-11)16(22)20-21-17(23)14-12-7-8-13(9-12)15(14)18(24)25/h3-8,12-15H,2,9H2,1H3,(H,20,22)(H,21,23)(H,24,25)/t12-,13-,14-,15+/m0/s1. The van der Waals surface area contributed by atoms with Crippen molar-refractivity contribution in [1.29, 1.82) is 0 Å². The van der Waals surface area contributed by atoms with Gasteiger partial charge in [0, 0.05) is 5.56 Å². The summed E-state index contributed by atoms with van der Waals surface area (Å²) in [7, 11) is 0. The topological polar surface area (TPSA) is 122 Å². The van der Waals surface area contributed by atoms with Gasteiger partial charge >= 0.3 is 11.9 Å². The van der Waals surface area contributed by atoms with Crippen molar-refractivity contribution >= 4 is 23.8 Å². The Bertz CT molecular complexity index is 801. The number of carbonyl (C=O) groups excluding carboxylic acids is 3. The summed E-state index contributed by atoms with van der Waals surface area (Å²) in [4.78, 5) is 47.7. The summed E-state index contributed by atoms with van der Waals surface area (Å²) >= 11 is 0. The molecule has 8 heteroatoms. The van der Waals surface area contributed by atoms with Crippen LogP contribution in [0.2, 0.25) is 0 Å². The van der Waals surface area contributed by atoms with Gasteiger partial charge < -0.3 is 9.84 Å². The number of ether oxygens (including phenoxy) is 1. The van der Waals surface area contributed by atoms with Crippen molar-refractivity contribution in [2.45, 2.75) is 13.3 Å². The van der Waals surface area contributed by atoms with Gasteiger partial charge in [0.1, 0.15) is 0 Å². The smallest absolute Gasteiger partial charge is 0.338 e. The van der Waals surface area contributed by atoms with Crippen LogP contribution in [0.1, 0.15) is 34.1 Å². The van der Waals surface area contributed by atoms with Gasteiger partial charge in [-0.1, -0.05) is 12.2 Å². The van der Waals surface area contributed by atoms with Crippen molar-refractivity contribution in [2.75, 3.05) is 6.61 Å². The number of hydrazine groups is 1. The summed E-state index contributed by atoms with van der Waals surface area (Å²) in [6.45, 7) is 1.95. The second-order valence-corrected chi connectivity index (χ2v) is 6.58. The van der Waals surface area contributed by atoms with Gasteiger partial charge in [0.25, 0.3) is 5.91 Å². The van der Waals surface area contributed by atoms with Crippen LogP contribution in [-0.4, -0.2) is 35.5 Å². The molecule has 27 heavy (non-hydrogen) atoms. The van der Waals surface area contributed by atoms with Crippen LogP contribution in [0.15, 0.2) is 36.4 Å². The Morgan fingerprint density at radius 1 is 1.00 bits per heavy atom. The van der Waals surface area contributed by atoms with Gasteiger partial charge in [-0.3, -0.25) is 25.2 Å². The first-order valence-corrected chi connectivity index (χ1v) is 8.71. The first-order chi connectivity index (χ1) is 12.9. The molecule has 0 saturated heterocycles. The molecule has 2 bridgehead atoms. The van der Waals surface area contributed by atoms with Gasteiger partial charge in [-0.15, -0.1) is 0 Å². The van der Waals surface area contributed by atoms with Crippen molar-refractivity contribution in [2.24, 2.45) is 23.7 Å². The predicted octanol–water partition coefficient (Wildman–Crippen LogP) is 1.15. The van der Waals surface area contributed by atoms with E-state index in [4.69, 9.17) is 4.74 Å². The molecule has 1 aromatic rings. The van der Waals surface area contributed by atoms with Crippen LogP contribution in [0.4, 0.5) is 0 Å². The van der Waals surface area contributed by atoms with Crippen LogP contribution in [-0.2, 0) is 14.3 Å². The molecule has 4 atom stereocenters.